The van der Waals surface area contributed by atoms with Crippen molar-refractivity contribution < 1.29 is 14.0 Å². The molecular weight excluding hydrogens is 320 g/mol. The van der Waals surface area contributed by atoms with Crippen LogP contribution < -0.4 is 10.6 Å². The number of benzene rings is 1. The molecule has 2 N–H and O–H groups in total. The van der Waals surface area contributed by atoms with E-state index in [4.69, 9.17) is 9.68 Å². The first kappa shape index (κ1) is 18.0. The van der Waals surface area contributed by atoms with Crippen molar-refractivity contribution >= 4 is 29.3 Å². The molecule has 0 unspecified atom stereocenters. The van der Waals surface area contributed by atoms with Gasteiger partial charge in [-0.3, -0.25) is 9.59 Å². The fourth-order valence-electron chi connectivity index (χ4n) is 1.99. The van der Waals surface area contributed by atoms with Crippen LogP contribution in [0.4, 0.5) is 11.4 Å². The van der Waals surface area contributed by atoms with E-state index < -0.39 is 5.91 Å². The fourth-order valence-corrected chi connectivity index (χ4v) is 1.99. The number of carbonyl (C=O) groups excluding carboxylic acids is 2. The summed E-state index contributed by atoms with van der Waals surface area (Å²) < 4.78 is 5.10. The van der Waals surface area contributed by atoms with Crippen molar-refractivity contribution in [3.63, 3.8) is 0 Å². The summed E-state index contributed by atoms with van der Waals surface area (Å²) in [5.74, 6) is -0.246. The molecule has 0 aliphatic rings. The minimum absolute atomic E-state index is 0.0710. The molecule has 25 heavy (non-hydrogen) atoms. The predicted octanol–water partition coefficient (Wildman–Crippen LogP) is 2.33. The number of nitrogens with one attached hydrogen (secondary N) is 2. The lowest BCUT2D eigenvalue weighted by Gasteiger charge is -2.10. The Morgan fingerprint density at radius 3 is 2.32 bits per heavy atom. The van der Waals surface area contributed by atoms with Crippen LogP contribution in [0.5, 0.6) is 0 Å². The van der Waals surface area contributed by atoms with Crippen LogP contribution in [0.15, 0.2) is 52.7 Å². The molecule has 0 aliphatic carbocycles. The highest BCUT2D eigenvalue weighted by atomic mass is 16.3. The molecule has 0 bridgehead atoms. The maximum Gasteiger partial charge on any atom is 0.266 e. The van der Waals surface area contributed by atoms with Gasteiger partial charge in [0.1, 0.15) is 17.4 Å². The van der Waals surface area contributed by atoms with Crippen LogP contribution in [0.1, 0.15) is 5.76 Å². The van der Waals surface area contributed by atoms with Gasteiger partial charge in [-0.25, -0.2) is 0 Å². The Hall–Kier alpha value is -3.37. The van der Waals surface area contributed by atoms with Crippen LogP contribution in [0.25, 0.3) is 6.08 Å². The normalized spacial score (nSPS) is 11.0. The van der Waals surface area contributed by atoms with E-state index in [1.165, 1.54) is 12.3 Å². The number of rotatable bonds is 6. The zero-order chi connectivity index (χ0) is 18.2. The van der Waals surface area contributed by atoms with Gasteiger partial charge in [0.15, 0.2) is 0 Å². The molecule has 1 heterocycles. The topological polar surface area (TPSA) is 98.4 Å². The highest BCUT2D eigenvalue weighted by Crippen LogP contribution is 2.15. The van der Waals surface area contributed by atoms with Crippen LogP contribution in [0, 0.1) is 11.3 Å². The van der Waals surface area contributed by atoms with E-state index in [-0.39, 0.29) is 18.0 Å². The number of carbonyl (C=O) groups is 2. The number of anilines is 2. The van der Waals surface area contributed by atoms with Crippen molar-refractivity contribution in [2.45, 2.75) is 0 Å². The second-order valence-corrected chi connectivity index (χ2v) is 5.50. The van der Waals surface area contributed by atoms with E-state index in [0.29, 0.717) is 17.1 Å². The zero-order valence-corrected chi connectivity index (χ0v) is 13.9. The first-order valence-corrected chi connectivity index (χ1v) is 7.49. The van der Waals surface area contributed by atoms with E-state index in [9.17, 15) is 9.59 Å². The molecule has 7 nitrogen and oxygen atoms in total. The molecule has 128 valence electrons. The van der Waals surface area contributed by atoms with Gasteiger partial charge in [0.2, 0.25) is 5.91 Å². The van der Waals surface area contributed by atoms with E-state index in [1.807, 2.05) is 6.07 Å². The molecule has 7 heteroatoms. The molecule has 0 fully saturated rings. The molecule has 0 saturated carbocycles. The second kappa shape index (κ2) is 8.47. The summed E-state index contributed by atoms with van der Waals surface area (Å²) in [5.41, 5.74) is 1.06. The molecule has 0 aliphatic heterocycles. The number of nitriles is 1. The Bertz CT molecular complexity index is 800. The molecule has 1 aromatic heterocycles. The van der Waals surface area contributed by atoms with Crippen LogP contribution >= 0.6 is 0 Å². The maximum atomic E-state index is 12.1. The van der Waals surface area contributed by atoms with Crippen LogP contribution in [0.3, 0.4) is 0 Å². The summed E-state index contributed by atoms with van der Waals surface area (Å²) in [6.45, 7) is 0.279. The Morgan fingerprint density at radius 2 is 1.80 bits per heavy atom. The lowest BCUT2D eigenvalue weighted by molar-refractivity contribution is -0.116. The Balaban J connectivity index is 1.99. The van der Waals surface area contributed by atoms with Gasteiger partial charge in [-0.05, 0) is 50.5 Å². The average Bonchev–Trinajstić information content (AvgIpc) is 3.06. The number of nitrogens with zero attached hydrogens (tertiary/aromatic N) is 2. The van der Waals surface area contributed by atoms with Gasteiger partial charge >= 0.3 is 0 Å². The molecular formula is C18H18N4O3. The summed E-state index contributed by atoms with van der Waals surface area (Å²) >= 11 is 0. The average molecular weight is 338 g/mol. The van der Waals surface area contributed by atoms with E-state index >= 15 is 0 Å². The predicted molar refractivity (Wildman–Crippen MR) is 94.6 cm³/mol. The number of amides is 2. The number of furan rings is 1. The van der Waals surface area contributed by atoms with Crippen molar-refractivity contribution in [1.82, 2.24) is 4.90 Å². The molecule has 1 aromatic carbocycles. The van der Waals surface area contributed by atoms with Crippen molar-refractivity contribution in [3.05, 3.63) is 54.0 Å². The number of hydrogen-bond acceptors (Lipinski definition) is 5. The summed E-state index contributed by atoms with van der Waals surface area (Å²) in [7, 11) is 3.61. The second-order valence-electron chi connectivity index (χ2n) is 5.50. The SMILES string of the molecule is CN(C)CC(=O)Nc1ccc(NC(=O)/C(C#N)=C\c2ccco2)cc1. The molecule has 2 amide bonds. The number of hydrogen-bond donors (Lipinski definition) is 2. The lowest BCUT2D eigenvalue weighted by atomic mass is 10.2. The first-order valence-electron chi connectivity index (χ1n) is 7.49. The third-order valence-electron chi connectivity index (χ3n) is 3.08. The standard InChI is InChI=1S/C18H18N4O3/c1-22(2)12-17(23)20-14-5-7-15(8-6-14)21-18(24)13(11-19)10-16-4-3-9-25-16/h3-10H,12H2,1-2H3,(H,20,23)(H,21,24)/b13-10-. The largest absolute Gasteiger partial charge is 0.465 e. The quantitative estimate of drug-likeness (QED) is 0.622. The summed E-state index contributed by atoms with van der Waals surface area (Å²) in [4.78, 5) is 25.6. The molecule has 2 aromatic rings. The highest BCUT2D eigenvalue weighted by molar-refractivity contribution is 6.09. The third kappa shape index (κ3) is 5.64. The van der Waals surface area contributed by atoms with Gasteiger partial charge in [0, 0.05) is 17.5 Å². The fraction of sp³-hybridized carbons (Fsp3) is 0.167. The Morgan fingerprint density at radius 1 is 1.16 bits per heavy atom. The van der Waals surface area contributed by atoms with Crippen molar-refractivity contribution in [2.24, 2.45) is 0 Å². The molecule has 2 rings (SSSR count). The van der Waals surface area contributed by atoms with Crippen LogP contribution in [0.2, 0.25) is 0 Å². The summed E-state index contributed by atoms with van der Waals surface area (Å²) in [6, 6.07) is 11.8. The van der Waals surface area contributed by atoms with Crippen molar-refractivity contribution in [1.29, 1.82) is 5.26 Å². The highest BCUT2D eigenvalue weighted by Gasteiger charge is 2.10. The van der Waals surface area contributed by atoms with Crippen molar-refractivity contribution in [2.75, 3.05) is 31.3 Å². The van der Waals surface area contributed by atoms with Crippen LogP contribution in [-0.4, -0.2) is 37.4 Å². The van der Waals surface area contributed by atoms with E-state index in [2.05, 4.69) is 10.6 Å². The van der Waals surface area contributed by atoms with Crippen LogP contribution in [-0.2, 0) is 9.59 Å². The first-order chi connectivity index (χ1) is 12.0. The molecule has 0 atom stereocenters. The third-order valence-corrected chi connectivity index (χ3v) is 3.08. The smallest absolute Gasteiger partial charge is 0.266 e. The van der Waals surface area contributed by atoms with E-state index in [0.717, 1.165) is 0 Å². The van der Waals surface area contributed by atoms with Gasteiger partial charge in [0.25, 0.3) is 5.91 Å². The minimum atomic E-state index is -0.539. The lowest BCUT2D eigenvalue weighted by Crippen LogP contribution is -2.27. The Labute approximate surface area is 145 Å². The van der Waals surface area contributed by atoms with Gasteiger partial charge in [0.05, 0.1) is 12.8 Å². The Kier molecular flexibility index (Phi) is 6.09. The number of likely N-dealkylation sites (N-methyl/N-ethyl adjacent to an activating group) is 1. The monoisotopic (exact) mass is 338 g/mol. The molecule has 0 radical (unpaired) electrons. The molecule has 0 saturated heterocycles. The van der Waals surface area contributed by atoms with Gasteiger partial charge in [-0.15, -0.1) is 0 Å². The molecule has 0 spiro atoms. The van der Waals surface area contributed by atoms with Gasteiger partial charge in [-0.2, -0.15) is 5.26 Å². The van der Waals surface area contributed by atoms with Gasteiger partial charge in [-0.1, -0.05) is 0 Å². The van der Waals surface area contributed by atoms with Gasteiger partial charge < -0.3 is 20.0 Å². The maximum absolute atomic E-state index is 12.1. The zero-order valence-electron chi connectivity index (χ0n) is 13.9. The van der Waals surface area contributed by atoms with E-state index in [1.54, 1.807) is 55.4 Å². The summed E-state index contributed by atoms with van der Waals surface area (Å²) in [6.07, 6.45) is 2.83. The minimum Gasteiger partial charge on any atom is -0.465 e. The van der Waals surface area contributed by atoms with Crippen molar-refractivity contribution in [3.8, 4) is 6.07 Å². The summed E-state index contributed by atoms with van der Waals surface area (Å²) in [5, 5.41) is 14.5.